The largest absolute Gasteiger partial charge is 0.212 e. The van der Waals surface area contributed by atoms with Crippen molar-refractivity contribution in [1.29, 1.82) is 0 Å². The molecule has 14 heavy (non-hydrogen) atoms. The molecule has 2 atom stereocenters. The van der Waals surface area contributed by atoms with Gasteiger partial charge in [-0.15, -0.1) is 11.6 Å². The molecule has 0 bridgehead atoms. The number of sulfonamides is 1. The molecule has 84 valence electrons. The number of halogens is 1. The van der Waals surface area contributed by atoms with Gasteiger partial charge in [0.05, 0.1) is 5.75 Å². The van der Waals surface area contributed by atoms with Gasteiger partial charge in [-0.3, -0.25) is 0 Å². The van der Waals surface area contributed by atoms with Crippen molar-refractivity contribution in [2.45, 2.75) is 50.4 Å². The first-order chi connectivity index (χ1) is 6.55. The maximum absolute atomic E-state index is 11.4. The van der Waals surface area contributed by atoms with Crippen LogP contribution >= 0.6 is 11.6 Å². The SMILES string of the molecule is CCS(=O)(=O)NC1CCCCCC1Cl. The van der Waals surface area contributed by atoms with Crippen molar-refractivity contribution in [2.75, 3.05) is 5.75 Å². The number of rotatable bonds is 3. The van der Waals surface area contributed by atoms with E-state index in [1.165, 1.54) is 0 Å². The van der Waals surface area contributed by atoms with Crippen LogP contribution in [0.1, 0.15) is 39.0 Å². The molecule has 0 aromatic heterocycles. The Labute approximate surface area is 91.3 Å². The average molecular weight is 240 g/mol. The Bertz CT molecular complexity index is 266. The van der Waals surface area contributed by atoms with Gasteiger partial charge in [0.25, 0.3) is 0 Å². The fourth-order valence-electron chi connectivity index (χ4n) is 1.71. The van der Waals surface area contributed by atoms with E-state index in [0.717, 1.165) is 32.1 Å². The maximum Gasteiger partial charge on any atom is 0.211 e. The Kier molecular flexibility index (Phi) is 4.67. The van der Waals surface area contributed by atoms with Crippen LogP contribution in [0.25, 0.3) is 0 Å². The second-order valence-electron chi connectivity index (χ2n) is 3.78. The van der Waals surface area contributed by atoms with Gasteiger partial charge in [0.1, 0.15) is 0 Å². The van der Waals surface area contributed by atoms with Crippen LogP contribution in [0.4, 0.5) is 0 Å². The molecule has 0 aliphatic heterocycles. The highest BCUT2D eigenvalue weighted by Gasteiger charge is 2.25. The molecular formula is C9H18ClNO2S. The highest BCUT2D eigenvalue weighted by atomic mass is 35.5. The van der Waals surface area contributed by atoms with E-state index in [9.17, 15) is 8.42 Å². The third-order valence-corrected chi connectivity index (χ3v) is 4.59. The summed E-state index contributed by atoms with van der Waals surface area (Å²) in [4.78, 5) is 0. The first-order valence-corrected chi connectivity index (χ1v) is 7.28. The molecule has 2 unspecified atom stereocenters. The van der Waals surface area contributed by atoms with Crippen LogP contribution in [-0.2, 0) is 10.0 Å². The van der Waals surface area contributed by atoms with Gasteiger partial charge in [0, 0.05) is 11.4 Å². The standard InChI is InChI=1S/C9H18ClNO2S/c1-2-14(12,13)11-9-7-5-3-4-6-8(9)10/h8-9,11H,2-7H2,1H3. The zero-order valence-corrected chi connectivity index (χ0v) is 10.1. The lowest BCUT2D eigenvalue weighted by Gasteiger charge is -2.20. The summed E-state index contributed by atoms with van der Waals surface area (Å²) in [6, 6.07) is -0.0656. The smallest absolute Gasteiger partial charge is 0.211 e. The fraction of sp³-hybridized carbons (Fsp3) is 1.00. The summed E-state index contributed by atoms with van der Waals surface area (Å²) in [7, 11) is -3.10. The van der Waals surface area contributed by atoms with Crippen LogP contribution < -0.4 is 4.72 Å². The minimum Gasteiger partial charge on any atom is -0.212 e. The summed E-state index contributed by atoms with van der Waals surface area (Å²) in [5.41, 5.74) is 0. The van der Waals surface area contributed by atoms with E-state index in [-0.39, 0.29) is 17.2 Å². The molecule has 1 fully saturated rings. The molecule has 1 N–H and O–H groups in total. The molecule has 0 amide bonds. The molecule has 0 radical (unpaired) electrons. The third-order valence-electron chi connectivity index (χ3n) is 2.64. The summed E-state index contributed by atoms with van der Waals surface area (Å²) in [5.74, 6) is 0.132. The first kappa shape index (κ1) is 12.3. The lowest BCUT2D eigenvalue weighted by Crippen LogP contribution is -2.41. The number of hydrogen-bond donors (Lipinski definition) is 1. The Morgan fingerprint density at radius 2 is 1.93 bits per heavy atom. The van der Waals surface area contributed by atoms with E-state index < -0.39 is 10.0 Å². The summed E-state index contributed by atoms with van der Waals surface area (Å²) >= 11 is 6.12. The lowest BCUT2D eigenvalue weighted by molar-refractivity contribution is 0.515. The van der Waals surface area contributed by atoms with Crippen LogP contribution in [0.3, 0.4) is 0 Å². The summed E-state index contributed by atoms with van der Waals surface area (Å²) in [5, 5.41) is -0.0428. The van der Waals surface area contributed by atoms with E-state index in [1.807, 2.05) is 0 Å². The highest BCUT2D eigenvalue weighted by Crippen LogP contribution is 2.22. The number of nitrogens with one attached hydrogen (secondary N) is 1. The normalized spacial score (nSPS) is 29.9. The Balaban J connectivity index is 2.57. The van der Waals surface area contributed by atoms with Crippen molar-refractivity contribution in [3.63, 3.8) is 0 Å². The predicted octanol–water partition coefficient (Wildman–Crippen LogP) is 1.87. The summed E-state index contributed by atoms with van der Waals surface area (Å²) in [6.07, 6.45) is 5.12. The molecule has 0 spiro atoms. The van der Waals surface area contributed by atoms with Crippen molar-refractivity contribution in [3.05, 3.63) is 0 Å². The molecule has 1 aliphatic carbocycles. The molecule has 0 heterocycles. The van der Waals surface area contributed by atoms with E-state index in [1.54, 1.807) is 6.92 Å². The molecule has 0 saturated heterocycles. The van der Waals surface area contributed by atoms with Gasteiger partial charge >= 0.3 is 0 Å². The van der Waals surface area contributed by atoms with E-state index in [2.05, 4.69) is 4.72 Å². The second kappa shape index (κ2) is 5.33. The van der Waals surface area contributed by atoms with Crippen LogP contribution in [0.15, 0.2) is 0 Å². The lowest BCUT2D eigenvalue weighted by atomic mass is 10.1. The van der Waals surface area contributed by atoms with Crippen LogP contribution in [0.2, 0.25) is 0 Å². The molecular weight excluding hydrogens is 222 g/mol. The monoisotopic (exact) mass is 239 g/mol. The van der Waals surface area contributed by atoms with Gasteiger partial charge in [-0.05, 0) is 19.8 Å². The Morgan fingerprint density at radius 1 is 1.29 bits per heavy atom. The van der Waals surface area contributed by atoms with Gasteiger partial charge in [-0.1, -0.05) is 19.3 Å². The van der Waals surface area contributed by atoms with E-state index in [0.29, 0.717) is 0 Å². The molecule has 0 aromatic rings. The first-order valence-electron chi connectivity index (χ1n) is 5.19. The van der Waals surface area contributed by atoms with Gasteiger partial charge in [-0.25, -0.2) is 13.1 Å². The average Bonchev–Trinajstić information content (AvgIpc) is 2.32. The zero-order valence-electron chi connectivity index (χ0n) is 8.50. The Hall–Kier alpha value is 0.200. The number of alkyl halides is 1. The topological polar surface area (TPSA) is 46.2 Å². The van der Waals surface area contributed by atoms with Gasteiger partial charge < -0.3 is 0 Å². The summed E-state index contributed by atoms with van der Waals surface area (Å²) in [6.45, 7) is 1.64. The van der Waals surface area contributed by atoms with Crippen LogP contribution in [-0.4, -0.2) is 25.6 Å². The molecule has 3 nitrogen and oxygen atoms in total. The van der Waals surface area contributed by atoms with Gasteiger partial charge in [0.2, 0.25) is 10.0 Å². The second-order valence-corrected chi connectivity index (χ2v) is 6.38. The molecule has 1 saturated carbocycles. The van der Waals surface area contributed by atoms with Crippen LogP contribution in [0.5, 0.6) is 0 Å². The minimum absolute atomic E-state index is 0.0428. The van der Waals surface area contributed by atoms with Crippen molar-refractivity contribution in [2.24, 2.45) is 0 Å². The van der Waals surface area contributed by atoms with Crippen molar-refractivity contribution in [1.82, 2.24) is 4.72 Å². The van der Waals surface area contributed by atoms with Gasteiger partial charge in [0.15, 0.2) is 0 Å². The van der Waals surface area contributed by atoms with Crippen LogP contribution in [0, 0.1) is 0 Å². The van der Waals surface area contributed by atoms with Crippen molar-refractivity contribution >= 4 is 21.6 Å². The third kappa shape index (κ3) is 3.75. The van der Waals surface area contributed by atoms with Crippen molar-refractivity contribution in [3.8, 4) is 0 Å². The minimum atomic E-state index is -3.10. The quantitative estimate of drug-likeness (QED) is 0.604. The molecule has 5 heteroatoms. The zero-order chi connectivity index (χ0) is 10.6. The Morgan fingerprint density at radius 3 is 2.57 bits per heavy atom. The van der Waals surface area contributed by atoms with Gasteiger partial charge in [-0.2, -0.15) is 0 Å². The van der Waals surface area contributed by atoms with E-state index >= 15 is 0 Å². The molecule has 1 rings (SSSR count). The number of hydrogen-bond acceptors (Lipinski definition) is 2. The predicted molar refractivity (Wildman–Crippen MR) is 59.1 cm³/mol. The summed E-state index contributed by atoms with van der Waals surface area (Å²) < 4.78 is 25.4. The molecule has 1 aliphatic rings. The maximum atomic E-state index is 11.4. The molecule has 0 aromatic carbocycles. The van der Waals surface area contributed by atoms with Crippen molar-refractivity contribution < 1.29 is 8.42 Å². The van der Waals surface area contributed by atoms with E-state index in [4.69, 9.17) is 11.6 Å². The fourth-order valence-corrected chi connectivity index (χ4v) is 3.04. The highest BCUT2D eigenvalue weighted by molar-refractivity contribution is 7.89.